The van der Waals surface area contributed by atoms with E-state index in [-0.39, 0.29) is 0 Å². The average Bonchev–Trinajstić information content (AvgIpc) is 2.42. The van der Waals surface area contributed by atoms with Gasteiger partial charge in [0.05, 0.1) is 0 Å². The molecular formula is C17H29NO. The Kier molecular flexibility index (Phi) is 6.93. The zero-order valence-corrected chi connectivity index (χ0v) is 13.1. The molecule has 1 aromatic rings. The quantitative estimate of drug-likeness (QED) is 0.758. The van der Waals surface area contributed by atoms with Crippen molar-refractivity contribution >= 4 is 0 Å². The number of benzene rings is 1. The fourth-order valence-corrected chi connectivity index (χ4v) is 2.24. The molecule has 1 rings (SSSR count). The molecule has 0 saturated carbocycles. The summed E-state index contributed by atoms with van der Waals surface area (Å²) in [4.78, 5) is 0. The first kappa shape index (κ1) is 16.0. The highest BCUT2D eigenvalue weighted by Gasteiger charge is 2.16. The molecular weight excluding hydrogens is 234 g/mol. The molecule has 0 aliphatic rings. The van der Waals surface area contributed by atoms with Gasteiger partial charge in [-0.1, -0.05) is 59.2 Å². The SMILES string of the molecule is CCNC(COc1ccccc1C(C)C)C(C)CC. The minimum atomic E-state index is 0.426. The maximum Gasteiger partial charge on any atom is 0.122 e. The molecule has 0 amide bonds. The highest BCUT2D eigenvalue weighted by Crippen LogP contribution is 2.26. The van der Waals surface area contributed by atoms with E-state index in [0.717, 1.165) is 18.9 Å². The first-order valence-corrected chi connectivity index (χ1v) is 7.55. The highest BCUT2D eigenvalue weighted by atomic mass is 16.5. The van der Waals surface area contributed by atoms with Crippen LogP contribution < -0.4 is 10.1 Å². The van der Waals surface area contributed by atoms with Crippen LogP contribution in [-0.4, -0.2) is 19.2 Å². The van der Waals surface area contributed by atoms with Gasteiger partial charge in [0.25, 0.3) is 0 Å². The third-order valence-electron chi connectivity index (χ3n) is 3.76. The van der Waals surface area contributed by atoms with E-state index in [9.17, 15) is 0 Å². The Morgan fingerprint density at radius 1 is 1.11 bits per heavy atom. The molecule has 2 unspecified atom stereocenters. The number of likely N-dealkylation sites (N-methyl/N-ethyl adjacent to an activating group) is 1. The fourth-order valence-electron chi connectivity index (χ4n) is 2.24. The van der Waals surface area contributed by atoms with Crippen LogP contribution in [0.15, 0.2) is 24.3 Å². The third-order valence-corrected chi connectivity index (χ3v) is 3.76. The summed E-state index contributed by atoms with van der Waals surface area (Å²) >= 11 is 0. The molecule has 2 atom stereocenters. The second kappa shape index (κ2) is 8.21. The topological polar surface area (TPSA) is 21.3 Å². The lowest BCUT2D eigenvalue weighted by molar-refractivity contribution is 0.220. The van der Waals surface area contributed by atoms with Gasteiger partial charge in [-0.05, 0) is 30.0 Å². The largest absolute Gasteiger partial charge is 0.492 e. The zero-order chi connectivity index (χ0) is 14.3. The maximum atomic E-state index is 6.07. The number of ether oxygens (including phenoxy) is 1. The van der Waals surface area contributed by atoms with Gasteiger partial charge in [-0.15, -0.1) is 0 Å². The van der Waals surface area contributed by atoms with Gasteiger partial charge in [-0.3, -0.25) is 0 Å². The number of hydrogen-bond donors (Lipinski definition) is 1. The van der Waals surface area contributed by atoms with Crippen LogP contribution in [0.5, 0.6) is 5.75 Å². The van der Waals surface area contributed by atoms with Crippen molar-refractivity contribution in [3.05, 3.63) is 29.8 Å². The molecule has 1 aromatic carbocycles. The molecule has 0 aliphatic heterocycles. The first-order valence-electron chi connectivity index (χ1n) is 7.55. The second-order valence-electron chi connectivity index (χ2n) is 5.55. The van der Waals surface area contributed by atoms with Gasteiger partial charge in [-0.25, -0.2) is 0 Å². The van der Waals surface area contributed by atoms with Crippen LogP contribution >= 0.6 is 0 Å². The smallest absolute Gasteiger partial charge is 0.122 e. The summed E-state index contributed by atoms with van der Waals surface area (Å²) in [6.45, 7) is 12.8. The van der Waals surface area contributed by atoms with Crippen molar-refractivity contribution in [1.82, 2.24) is 5.32 Å². The molecule has 19 heavy (non-hydrogen) atoms. The number of hydrogen-bond acceptors (Lipinski definition) is 2. The maximum absolute atomic E-state index is 6.07. The lowest BCUT2D eigenvalue weighted by Crippen LogP contribution is -2.39. The van der Waals surface area contributed by atoms with Crippen molar-refractivity contribution in [3.8, 4) is 5.75 Å². The van der Waals surface area contributed by atoms with Gasteiger partial charge in [-0.2, -0.15) is 0 Å². The van der Waals surface area contributed by atoms with Gasteiger partial charge in [0, 0.05) is 6.04 Å². The van der Waals surface area contributed by atoms with Gasteiger partial charge in [0.1, 0.15) is 12.4 Å². The summed E-state index contributed by atoms with van der Waals surface area (Å²) < 4.78 is 6.07. The molecule has 0 aromatic heterocycles. The van der Waals surface area contributed by atoms with E-state index in [1.807, 2.05) is 6.07 Å². The van der Waals surface area contributed by atoms with E-state index in [1.54, 1.807) is 0 Å². The second-order valence-corrected chi connectivity index (χ2v) is 5.55. The lowest BCUT2D eigenvalue weighted by Gasteiger charge is -2.25. The summed E-state index contributed by atoms with van der Waals surface area (Å²) in [7, 11) is 0. The van der Waals surface area contributed by atoms with Crippen LogP contribution in [0.4, 0.5) is 0 Å². The van der Waals surface area contributed by atoms with Gasteiger partial charge in [0.2, 0.25) is 0 Å². The van der Waals surface area contributed by atoms with E-state index in [4.69, 9.17) is 4.74 Å². The van der Waals surface area contributed by atoms with Gasteiger partial charge in [0.15, 0.2) is 0 Å². The molecule has 2 heteroatoms. The molecule has 0 radical (unpaired) electrons. The van der Waals surface area contributed by atoms with Gasteiger partial charge >= 0.3 is 0 Å². The number of nitrogens with one attached hydrogen (secondary N) is 1. The van der Waals surface area contributed by atoms with E-state index in [1.165, 1.54) is 12.0 Å². The average molecular weight is 263 g/mol. The minimum Gasteiger partial charge on any atom is -0.492 e. The predicted molar refractivity (Wildman–Crippen MR) is 82.9 cm³/mol. The lowest BCUT2D eigenvalue weighted by atomic mass is 9.99. The number of rotatable bonds is 8. The van der Waals surface area contributed by atoms with Crippen molar-refractivity contribution < 1.29 is 4.74 Å². The summed E-state index contributed by atoms with van der Waals surface area (Å²) in [6, 6.07) is 8.79. The summed E-state index contributed by atoms with van der Waals surface area (Å²) in [5.41, 5.74) is 1.29. The van der Waals surface area contributed by atoms with Crippen molar-refractivity contribution in [2.45, 2.75) is 53.0 Å². The number of para-hydroxylation sites is 1. The summed E-state index contributed by atoms with van der Waals surface area (Å²) in [5, 5.41) is 3.53. The van der Waals surface area contributed by atoms with Crippen LogP contribution in [0.1, 0.15) is 52.5 Å². The fraction of sp³-hybridized carbons (Fsp3) is 0.647. The van der Waals surface area contributed by atoms with Crippen molar-refractivity contribution in [2.75, 3.05) is 13.2 Å². The van der Waals surface area contributed by atoms with Crippen LogP contribution in [0.25, 0.3) is 0 Å². The summed E-state index contributed by atoms with van der Waals surface area (Å²) in [5.74, 6) is 2.16. The van der Waals surface area contributed by atoms with Crippen molar-refractivity contribution in [3.63, 3.8) is 0 Å². The van der Waals surface area contributed by atoms with Crippen LogP contribution in [-0.2, 0) is 0 Å². The van der Waals surface area contributed by atoms with E-state index in [0.29, 0.717) is 17.9 Å². The molecule has 0 bridgehead atoms. The van der Waals surface area contributed by atoms with E-state index in [2.05, 4.69) is 58.1 Å². The molecule has 2 nitrogen and oxygen atoms in total. The van der Waals surface area contributed by atoms with Crippen LogP contribution in [0, 0.1) is 5.92 Å². The molecule has 0 fully saturated rings. The molecule has 0 spiro atoms. The Morgan fingerprint density at radius 3 is 2.37 bits per heavy atom. The van der Waals surface area contributed by atoms with E-state index < -0.39 is 0 Å². The van der Waals surface area contributed by atoms with Crippen molar-refractivity contribution in [2.24, 2.45) is 5.92 Å². The Balaban J connectivity index is 2.68. The Labute approximate surface area is 118 Å². The molecule has 1 N–H and O–H groups in total. The third kappa shape index (κ3) is 4.87. The first-order chi connectivity index (χ1) is 9.10. The standard InChI is InChI=1S/C17H29NO/c1-6-14(5)16(18-7-2)12-19-17-11-9-8-10-15(17)13(3)4/h8-11,13-14,16,18H,6-7,12H2,1-5H3. The minimum absolute atomic E-state index is 0.426. The van der Waals surface area contributed by atoms with E-state index >= 15 is 0 Å². The zero-order valence-electron chi connectivity index (χ0n) is 13.1. The molecule has 0 saturated heterocycles. The van der Waals surface area contributed by atoms with Crippen LogP contribution in [0.3, 0.4) is 0 Å². The Morgan fingerprint density at radius 2 is 1.79 bits per heavy atom. The van der Waals surface area contributed by atoms with Crippen molar-refractivity contribution in [1.29, 1.82) is 0 Å². The van der Waals surface area contributed by atoms with Gasteiger partial charge < -0.3 is 10.1 Å². The highest BCUT2D eigenvalue weighted by molar-refractivity contribution is 5.35. The normalized spacial score (nSPS) is 14.4. The predicted octanol–water partition coefficient (Wildman–Crippen LogP) is 4.21. The monoisotopic (exact) mass is 263 g/mol. The Hall–Kier alpha value is -1.02. The van der Waals surface area contributed by atoms with Crippen LogP contribution in [0.2, 0.25) is 0 Å². The Bertz CT molecular complexity index is 362. The molecule has 108 valence electrons. The summed E-state index contributed by atoms with van der Waals surface area (Å²) in [6.07, 6.45) is 1.17. The molecule has 0 aliphatic carbocycles. The molecule has 0 heterocycles.